The largest absolute Gasteiger partial charge is 0.469 e. The molecule has 0 saturated heterocycles. The smallest absolute Gasteiger partial charge is 0.243 e. The van der Waals surface area contributed by atoms with E-state index < -0.39 is 10.0 Å². The lowest BCUT2D eigenvalue weighted by Crippen LogP contribution is -2.27. The Labute approximate surface area is 118 Å². The van der Waals surface area contributed by atoms with E-state index in [0.29, 0.717) is 11.3 Å². The van der Waals surface area contributed by atoms with Gasteiger partial charge in [0.05, 0.1) is 17.8 Å². The van der Waals surface area contributed by atoms with Crippen molar-refractivity contribution in [2.24, 2.45) is 0 Å². The number of aryl methyl sites for hydroxylation is 1. The molecule has 108 valence electrons. The maximum atomic E-state index is 12.5. The van der Waals surface area contributed by atoms with Crippen LogP contribution < -0.4 is 0 Å². The minimum Gasteiger partial charge on any atom is -0.469 e. The number of rotatable bonds is 5. The zero-order chi connectivity index (χ0) is 14.8. The highest BCUT2D eigenvalue weighted by molar-refractivity contribution is 7.89. The number of aliphatic hydroxyl groups excluding tert-OH is 1. The zero-order valence-corrected chi connectivity index (χ0v) is 12.2. The Kier molecular flexibility index (Phi) is 4.27. The van der Waals surface area contributed by atoms with Crippen LogP contribution in [0.25, 0.3) is 0 Å². The van der Waals surface area contributed by atoms with Crippen LogP contribution in [0, 0.1) is 6.92 Å². The summed E-state index contributed by atoms with van der Waals surface area (Å²) in [6, 6.07) is 8.19. The molecule has 1 aromatic heterocycles. The number of furan rings is 1. The van der Waals surface area contributed by atoms with Gasteiger partial charge in [0.25, 0.3) is 0 Å². The molecule has 1 aromatic carbocycles. The molecule has 2 rings (SSSR count). The van der Waals surface area contributed by atoms with Crippen LogP contribution in [0.1, 0.15) is 16.9 Å². The first-order valence-electron chi connectivity index (χ1n) is 6.15. The van der Waals surface area contributed by atoms with Gasteiger partial charge in [0.1, 0.15) is 5.76 Å². The van der Waals surface area contributed by atoms with Crippen molar-refractivity contribution >= 4 is 10.0 Å². The minimum atomic E-state index is -3.64. The van der Waals surface area contributed by atoms with Crippen LogP contribution in [0.15, 0.2) is 45.9 Å². The van der Waals surface area contributed by atoms with Crippen molar-refractivity contribution in [1.82, 2.24) is 4.31 Å². The average molecular weight is 295 g/mol. The molecular weight excluding hydrogens is 278 g/mol. The van der Waals surface area contributed by atoms with Crippen LogP contribution in [-0.2, 0) is 23.2 Å². The topological polar surface area (TPSA) is 70.8 Å². The van der Waals surface area contributed by atoms with Gasteiger partial charge < -0.3 is 9.52 Å². The number of benzene rings is 1. The van der Waals surface area contributed by atoms with Gasteiger partial charge in [0, 0.05) is 19.2 Å². The first-order chi connectivity index (χ1) is 9.46. The van der Waals surface area contributed by atoms with Gasteiger partial charge in [-0.25, -0.2) is 8.42 Å². The molecule has 20 heavy (non-hydrogen) atoms. The normalized spacial score (nSPS) is 12.0. The van der Waals surface area contributed by atoms with Crippen LogP contribution in [0.5, 0.6) is 0 Å². The molecule has 0 radical (unpaired) electrons. The second-order valence-corrected chi connectivity index (χ2v) is 6.54. The van der Waals surface area contributed by atoms with Gasteiger partial charge >= 0.3 is 0 Å². The molecule has 0 unspecified atom stereocenters. The van der Waals surface area contributed by atoms with E-state index in [9.17, 15) is 13.5 Å². The number of hydrogen-bond donors (Lipinski definition) is 1. The van der Waals surface area contributed by atoms with Crippen molar-refractivity contribution in [3.05, 3.63) is 53.5 Å². The van der Waals surface area contributed by atoms with Crippen molar-refractivity contribution < 1.29 is 17.9 Å². The Hall–Kier alpha value is -1.63. The van der Waals surface area contributed by atoms with E-state index in [1.165, 1.54) is 23.7 Å². The van der Waals surface area contributed by atoms with Crippen LogP contribution in [0.3, 0.4) is 0 Å². The summed E-state index contributed by atoms with van der Waals surface area (Å²) in [5, 5.41) is 9.27. The highest BCUT2D eigenvalue weighted by Gasteiger charge is 2.24. The standard InChI is InChI=1S/C14H17NO4S/c1-11-12(7-8-19-11)9-15(2)20(17,18)14-6-4-3-5-13(14)10-16/h3-8,16H,9-10H2,1-2H3. The van der Waals surface area contributed by atoms with E-state index in [1.807, 2.05) is 0 Å². The fraction of sp³-hybridized carbons (Fsp3) is 0.286. The van der Waals surface area contributed by atoms with E-state index in [2.05, 4.69) is 0 Å². The summed E-state index contributed by atoms with van der Waals surface area (Å²) < 4.78 is 31.5. The SMILES string of the molecule is Cc1occc1CN(C)S(=O)(=O)c1ccccc1CO. The fourth-order valence-electron chi connectivity index (χ4n) is 1.95. The second-order valence-electron chi connectivity index (χ2n) is 4.53. The highest BCUT2D eigenvalue weighted by Crippen LogP contribution is 2.22. The molecule has 0 bridgehead atoms. The molecule has 0 aliphatic rings. The van der Waals surface area contributed by atoms with E-state index in [4.69, 9.17) is 4.42 Å². The minimum absolute atomic E-state index is 0.131. The van der Waals surface area contributed by atoms with Crippen LogP contribution >= 0.6 is 0 Å². The quantitative estimate of drug-likeness (QED) is 0.914. The Morgan fingerprint density at radius 1 is 1.20 bits per heavy atom. The van der Waals surface area contributed by atoms with E-state index in [0.717, 1.165) is 5.56 Å². The number of sulfonamides is 1. The third kappa shape index (κ3) is 2.77. The molecule has 2 aromatic rings. The Balaban J connectivity index is 2.32. The molecule has 0 atom stereocenters. The van der Waals surface area contributed by atoms with Gasteiger partial charge in [-0.1, -0.05) is 18.2 Å². The third-order valence-electron chi connectivity index (χ3n) is 3.19. The molecular formula is C14H17NO4S. The molecule has 1 N–H and O–H groups in total. The predicted molar refractivity (Wildman–Crippen MR) is 74.5 cm³/mol. The summed E-state index contributed by atoms with van der Waals surface area (Å²) in [6.45, 7) is 1.70. The van der Waals surface area contributed by atoms with Crippen LogP contribution in [-0.4, -0.2) is 24.9 Å². The molecule has 0 spiro atoms. The molecule has 0 saturated carbocycles. The molecule has 0 aliphatic carbocycles. The first kappa shape index (κ1) is 14.8. The van der Waals surface area contributed by atoms with Crippen molar-refractivity contribution in [3.63, 3.8) is 0 Å². The fourth-order valence-corrected chi connectivity index (χ4v) is 3.31. The van der Waals surface area contributed by atoms with Crippen molar-refractivity contribution in [2.45, 2.75) is 25.0 Å². The van der Waals surface area contributed by atoms with Gasteiger partial charge in [0.2, 0.25) is 10.0 Å². The van der Waals surface area contributed by atoms with E-state index in [1.54, 1.807) is 31.2 Å². The maximum absolute atomic E-state index is 12.5. The van der Waals surface area contributed by atoms with Gasteiger partial charge in [-0.05, 0) is 24.6 Å². The molecule has 6 heteroatoms. The third-order valence-corrected chi connectivity index (χ3v) is 5.09. The summed E-state index contributed by atoms with van der Waals surface area (Å²) in [5.74, 6) is 0.697. The summed E-state index contributed by atoms with van der Waals surface area (Å²) in [4.78, 5) is 0.131. The summed E-state index contributed by atoms with van der Waals surface area (Å²) in [5.41, 5.74) is 1.21. The predicted octanol–water partition coefficient (Wildman–Crippen LogP) is 1.90. The Morgan fingerprint density at radius 2 is 1.90 bits per heavy atom. The lowest BCUT2D eigenvalue weighted by molar-refractivity contribution is 0.278. The van der Waals surface area contributed by atoms with Crippen molar-refractivity contribution in [1.29, 1.82) is 0 Å². The van der Waals surface area contributed by atoms with Gasteiger partial charge in [-0.2, -0.15) is 4.31 Å². The summed E-state index contributed by atoms with van der Waals surface area (Å²) in [6.07, 6.45) is 1.53. The van der Waals surface area contributed by atoms with Gasteiger partial charge in [-0.15, -0.1) is 0 Å². The van der Waals surface area contributed by atoms with Gasteiger partial charge in [0.15, 0.2) is 0 Å². The van der Waals surface area contributed by atoms with Crippen molar-refractivity contribution in [3.8, 4) is 0 Å². The Bertz CT molecular complexity index is 691. The lowest BCUT2D eigenvalue weighted by Gasteiger charge is -2.18. The monoisotopic (exact) mass is 295 g/mol. The van der Waals surface area contributed by atoms with Gasteiger partial charge in [-0.3, -0.25) is 0 Å². The number of aliphatic hydroxyl groups is 1. The van der Waals surface area contributed by atoms with E-state index >= 15 is 0 Å². The lowest BCUT2D eigenvalue weighted by atomic mass is 10.2. The number of hydrogen-bond acceptors (Lipinski definition) is 4. The van der Waals surface area contributed by atoms with E-state index in [-0.39, 0.29) is 18.0 Å². The summed E-state index contributed by atoms with van der Waals surface area (Å²) in [7, 11) is -2.13. The van der Waals surface area contributed by atoms with Crippen LogP contribution in [0.2, 0.25) is 0 Å². The highest BCUT2D eigenvalue weighted by atomic mass is 32.2. The maximum Gasteiger partial charge on any atom is 0.243 e. The molecule has 0 amide bonds. The van der Waals surface area contributed by atoms with Crippen molar-refractivity contribution in [2.75, 3.05) is 7.05 Å². The molecule has 0 aliphatic heterocycles. The summed E-state index contributed by atoms with van der Waals surface area (Å²) >= 11 is 0. The number of nitrogens with zero attached hydrogens (tertiary/aromatic N) is 1. The first-order valence-corrected chi connectivity index (χ1v) is 7.59. The van der Waals surface area contributed by atoms with Crippen LogP contribution in [0.4, 0.5) is 0 Å². The second kappa shape index (κ2) is 5.78. The average Bonchev–Trinajstić information content (AvgIpc) is 2.84. The molecule has 1 heterocycles. The Morgan fingerprint density at radius 3 is 2.50 bits per heavy atom. The molecule has 0 fully saturated rings. The molecule has 5 nitrogen and oxygen atoms in total. The zero-order valence-electron chi connectivity index (χ0n) is 11.4.